The molecule has 1 aliphatic heterocycles. The molecular weight excluding hydrogens is 404 g/mol. The van der Waals surface area contributed by atoms with Crippen molar-refractivity contribution in [2.75, 3.05) is 32.1 Å². The van der Waals surface area contributed by atoms with Crippen molar-refractivity contribution < 1.29 is 9.53 Å². The van der Waals surface area contributed by atoms with Crippen LogP contribution in [-0.2, 0) is 22.6 Å². The maximum atomic E-state index is 12.4. The number of carbonyl (C=O) groups excluding carboxylic acids is 1. The summed E-state index contributed by atoms with van der Waals surface area (Å²) in [4.78, 5) is 15.9. The summed E-state index contributed by atoms with van der Waals surface area (Å²) in [5.74, 6) is 0.467. The van der Waals surface area contributed by atoms with Gasteiger partial charge in [0.05, 0.1) is 19.0 Å². The van der Waals surface area contributed by atoms with Crippen molar-refractivity contribution in [1.29, 1.82) is 0 Å². The average molecular weight is 433 g/mol. The first kappa shape index (κ1) is 21.6. The normalized spacial score (nSPS) is 14.3. The average Bonchev–Trinajstić information content (AvgIpc) is 2.84. The van der Waals surface area contributed by atoms with Crippen molar-refractivity contribution in [2.24, 2.45) is 0 Å². The van der Waals surface area contributed by atoms with Crippen LogP contribution in [0.3, 0.4) is 0 Å². The van der Waals surface area contributed by atoms with Crippen LogP contribution in [0.25, 0.3) is 11.1 Å². The van der Waals surface area contributed by atoms with E-state index in [1.165, 1.54) is 22.3 Å². The Morgan fingerprint density at radius 3 is 2.23 bits per heavy atom. The lowest BCUT2D eigenvalue weighted by molar-refractivity contribution is -0.118. The summed E-state index contributed by atoms with van der Waals surface area (Å²) >= 11 is 1.57. The number of nitrogens with zero attached hydrogens (tertiary/aromatic N) is 1. The molecule has 5 heteroatoms. The number of nitrogens with one attached hydrogen (secondary N) is 1. The molecule has 0 saturated carbocycles. The Labute approximate surface area is 188 Å². The predicted octanol–water partition coefficient (Wildman–Crippen LogP) is 4.59. The van der Waals surface area contributed by atoms with Gasteiger partial charge in [0.1, 0.15) is 0 Å². The first-order valence-electron chi connectivity index (χ1n) is 10.7. The topological polar surface area (TPSA) is 41.6 Å². The second kappa shape index (κ2) is 11.1. The molecule has 0 spiro atoms. The molecule has 1 N–H and O–H groups in total. The molecule has 0 unspecified atom stereocenters. The highest BCUT2D eigenvalue weighted by Gasteiger charge is 2.13. The Morgan fingerprint density at radius 1 is 0.839 bits per heavy atom. The number of thioether (sulfide) groups is 1. The lowest BCUT2D eigenvalue weighted by atomic mass is 10.1. The molecule has 160 valence electrons. The number of carbonyl (C=O) groups is 1. The molecule has 1 heterocycles. The molecule has 1 fully saturated rings. The number of amides is 1. The third-order valence-electron chi connectivity index (χ3n) is 5.42. The number of rotatable bonds is 8. The van der Waals surface area contributed by atoms with Crippen molar-refractivity contribution >= 4 is 17.7 Å². The summed E-state index contributed by atoms with van der Waals surface area (Å²) in [6.45, 7) is 4.97. The smallest absolute Gasteiger partial charge is 0.230 e. The molecule has 1 saturated heterocycles. The van der Waals surface area contributed by atoms with Gasteiger partial charge in [-0.05, 0) is 34.4 Å². The first-order valence-corrected chi connectivity index (χ1v) is 11.7. The third-order valence-corrected chi connectivity index (χ3v) is 6.44. The SMILES string of the molecule is O=C(CSc1ccc(-c2ccccc2)cc1)NCc1ccccc1CN1CCOCC1. The summed E-state index contributed by atoms with van der Waals surface area (Å²) in [7, 11) is 0. The lowest BCUT2D eigenvalue weighted by Crippen LogP contribution is -2.36. The van der Waals surface area contributed by atoms with E-state index in [0.29, 0.717) is 12.3 Å². The van der Waals surface area contributed by atoms with Crippen LogP contribution in [0, 0.1) is 0 Å². The minimum Gasteiger partial charge on any atom is -0.379 e. The van der Waals surface area contributed by atoms with E-state index in [9.17, 15) is 4.79 Å². The highest BCUT2D eigenvalue weighted by molar-refractivity contribution is 8.00. The molecule has 0 radical (unpaired) electrons. The summed E-state index contributed by atoms with van der Waals surface area (Å²) in [5, 5.41) is 3.08. The fourth-order valence-corrected chi connectivity index (χ4v) is 4.38. The van der Waals surface area contributed by atoms with Crippen LogP contribution in [-0.4, -0.2) is 42.9 Å². The molecule has 0 aliphatic carbocycles. The molecule has 3 aromatic carbocycles. The van der Waals surface area contributed by atoms with Crippen LogP contribution in [0.2, 0.25) is 0 Å². The van der Waals surface area contributed by atoms with E-state index in [2.05, 4.69) is 64.8 Å². The van der Waals surface area contributed by atoms with E-state index in [4.69, 9.17) is 4.74 Å². The monoisotopic (exact) mass is 432 g/mol. The standard InChI is InChI=1S/C26H28N2O2S/c29-26(20-31-25-12-10-22(11-13-25)21-6-2-1-3-7-21)27-18-23-8-4-5-9-24(23)19-28-14-16-30-17-15-28/h1-13H,14-20H2,(H,27,29). The van der Waals surface area contributed by atoms with Crippen LogP contribution in [0.1, 0.15) is 11.1 Å². The molecule has 0 bridgehead atoms. The van der Waals surface area contributed by atoms with Gasteiger partial charge >= 0.3 is 0 Å². The minimum atomic E-state index is 0.0540. The molecule has 4 nitrogen and oxygen atoms in total. The van der Waals surface area contributed by atoms with Gasteiger partial charge in [0, 0.05) is 31.1 Å². The van der Waals surface area contributed by atoms with Crippen molar-refractivity contribution in [3.63, 3.8) is 0 Å². The third kappa shape index (κ3) is 6.44. The quantitative estimate of drug-likeness (QED) is 0.529. The molecule has 31 heavy (non-hydrogen) atoms. The van der Waals surface area contributed by atoms with E-state index in [1.807, 2.05) is 24.3 Å². The fraction of sp³-hybridized carbons (Fsp3) is 0.269. The van der Waals surface area contributed by atoms with Crippen molar-refractivity contribution in [2.45, 2.75) is 18.0 Å². The highest BCUT2D eigenvalue weighted by atomic mass is 32.2. The largest absolute Gasteiger partial charge is 0.379 e. The molecule has 1 amide bonds. The Morgan fingerprint density at radius 2 is 1.48 bits per heavy atom. The molecular formula is C26H28N2O2S. The summed E-state index contributed by atoms with van der Waals surface area (Å²) in [6, 6.07) is 27.1. The molecule has 1 aliphatic rings. The Kier molecular flexibility index (Phi) is 7.77. The zero-order chi connectivity index (χ0) is 21.3. The second-order valence-electron chi connectivity index (χ2n) is 7.61. The molecule has 4 rings (SSSR count). The van der Waals surface area contributed by atoms with Gasteiger partial charge in [-0.25, -0.2) is 0 Å². The van der Waals surface area contributed by atoms with Gasteiger partial charge < -0.3 is 10.1 Å². The van der Waals surface area contributed by atoms with E-state index in [-0.39, 0.29) is 5.91 Å². The first-order chi connectivity index (χ1) is 15.3. The molecule has 3 aromatic rings. The summed E-state index contributed by atoms with van der Waals surface area (Å²) in [6.07, 6.45) is 0. The maximum Gasteiger partial charge on any atom is 0.230 e. The Balaban J connectivity index is 1.26. The number of benzene rings is 3. The number of hydrogen-bond donors (Lipinski definition) is 1. The van der Waals surface area contributed by atoms with E-state index >= 15 is 0 Å². The van der Waals surface area contributed by atoms with Crippen LogP contribution >= 0.6 is 11.8 Å². The van der Waals surface area contributed by atoms with E-state index in [0.717, 1.165) is 37.7 Å². The number of hydrogen-bond acceptors (Lipinski definition) is 4. The van der Waals surface area contributed by atoms with Crippen molar-refractivity contribution in [3.8, 4) is 11.1 Å². The zero-order valence-corrected chi connectivity index (χ0v) is 18.4. The zero-order valence-electron chi connectivity index (χ0n) is 17.6. The van der Waals surface area contributed by atoms with Crippen molar-refractivity contribution in [1.82, 2.24) is 10.2 Å². The minimum absolute atomic E-state index is 0.0540. The number of morpholine rings is 1. The van der Waals surface area contributed by atoms with Crippen LogP contribution in [0.15, 0.2) is 83.8 Å². The van der Waals surface area contributed by atoms with Gasteiger partial charge in [0.15, 0.2) is 0 Å². The molecule has 0 aromatic heterocycles. The van der Waals surface area contributed by atoms with Crippen LogP contribution in [0.5, 0.6) is 0 Å². The van der Waals surface area contributed by atoms with Crippen LogP contribution in [0.4, 0.5) is 0 Å². The van der Waals surface area contributed by atoms with Gasteiger partial charge in [0.25, 0.3) is 0 Å². The van der Waals surface area contributed by atoms with E-state index in [1.54, 1.807) is 11.8 Å². The van der Waals surface area contributed by atoms with Gasteiger partial charge in [-0.15, -0.1) is 11.8 Å². The Bertz CT molecular complexity index is 970. The van der Waals surface area contributed by atoms with Crippen molar-refractivity contribution in [3.05, 3.63) is 90.0 Å². The van der Waals surface area contributed by atoms with Gasteiger partial charge in [-0.3, -0.25) is 9.69 Å². The summed E-state index contributed by atoms with van der Waals surface area (Å²) in [5.41, 5.74) is 4.84. The predicted molar refractivity (Wildman–Crippen MR) is 127 cm³/mol. The maximum absolute atomic E-state index is 12.4. The number of ether oxygens (including phenoxy) is 1. The Hall–Kier alpha value is -2.60. The second-order valence-corrected chi connectivity index (χ2v) is 8.66. The van der Waals surface area contributed by atoms with Gasteiger partial charge in [0.2, 0.25) is 5.91 Å². The van der Waals surface area contributed by atoms with Gasteiger partial charge in [-0.2, -0.15) is 0 Å². The molecule has 0 atom stereocenters. The van der Waals surface area contributed by atoms with Crippen LogP contribution < -0.4 is 5.32 Å². The highest BCUT2D eigenvalue weighted by Crippen LogP contribution is 2.24. The lowest BCUT2D eigenvalue weighted by Gasteiger charge is -2.27. The van der Waals surface area contributed by atoms with E-state index < -0.39 is 0 Å². The fourth-order valence-electron chi connectivity index (χ4n) is 3.65. The van der Waals surface area contributed by atoms with Gasteiger partial charge in [-0.1, -0.05) is 66.7 Å². The summed E-state index contributed by atoms with van der Waals surface area (Å²) < 4.78 is 5.44.